The van der Waals surface area contributed by atoms with Crippen molar-refractivity contribution in [3.63, 3.8) is 0 Å². The first-order chi connectivity index (χ1) is 13.5. The molecule has 0 aliphatic rings. The highest BCUT2D eigenvalue weighted by Crippen LogP contribution is 2.20. The van der Waals surface area contributed by atoms with Gasteiger partial charge in [-0.05, 0) is 42.5 Å². The molecule has 2 aromatic carbocycles. The highest BCUT2D eigenvalue weighted by Gasteiger charge is 2.18. The number of benzene rings is 2. The van der Waals surface area contributed by atoms with Crippen LogP contribution in [0.5, 0.6) is 0 Å². The number of hydrogen-bond acceptors (Lipinski definition) is 6. The predicted molar refractivity (Wildman–Crippen MR) is 102 cm³/mol. The van der Waals surface area contributed by atoms with Crippen molar-refractivity contribution in [3.8, 4) is 6.07 Å². The number of halogens is 1. The van der Waals surface area contributed by atoms with Gasteiger partial charge in [0.25, 0.3) is 5.91 Å². The zero-order chi connectivity index (χ0) is 20.5. The Kier molecular flexibility index (Phi) is 7.55. The number of methoxy groups -OCH3 is 1. The number of carbonyl (C=O) groups is 3. The first-order valence-corrected chi connectivity index (χ1v) is 8.62. The number of carbonyl (C=O) groups excluding carboxylic acids is 3. The lowest BCUT2D eigenvalue weighted by Gasteiger charge is -2.21. The maximum atomic E-state index is 12.5. The molecule has 2 aromatic rings. The Balaban J connectivity index is 2.04. The Labute approximate surface area is 167 Å². The minimum absolute atomic E-state index is 0.112. The summed E-state index contributed by atoms with van der Waals surface area (Å²) < 4.78 is 9.65. The molecule has 0 aliphatic heterocycles. The summed E-state index contributed by atoms with van der Waals surface area (Å²) in [6, 6.07) is 14.2. The van der Waals surface area contributed by atoms with Crippen molar-refractivity contribution in [2.45, 2.75) is 6.42 Å². The van der Waals surface area contributed by atoms with Crippen LogP contribution in [0.2, 0.25) is 5.02 Å². The average molecular weight is 401 g/mol. The number of ether oxygens (including phenoxy) is 2. The first kappa shape index (κ1) is 20.9. The number of anilines is 1. The third-order valence-electron chi connectivity index (χ3n) is 3.74. The summed E-state index contributed by atoms with van der Waals surface area (Å²) in [6.07, 6.45) is 0.112. The van der Waals surface area contributed by atoms with Crippen molar-refractivity contribution >= 4 is 35.1 Å². The molecular formula is C20H17ClN2O5. The van der Waals surface area contributed by atoms with E-state index in [1.54, 1.807) is 24.3 Å². The second-order valence-electron chi connectivity index (χ2n) is 5.58. The Morgan fingerprint density at radius 3 is 2.29 bits per heavy atom. The van der Waals surface area contributed by atoms with Gasteiger partial charge in [0, 0.05) is 17.3 Å². The van der Waals surface area contributed by atoms with Crippen LogP contribution in [0, 0.1) is 11.3 Å². The molecule has 2 rings (SSSR count). The van der Waals surface area contributed by atoms with E-state index in [9.17, 15) is 14.4 Å². The van der Waals surface area contributed by atoms with Crippen molar-refractivity contribution in [2.24, 2.45) is 0 Å². The largest absolute Gasteiger partial charge is 0.465 e. The molecule has 0 unspecified atom stereocenters. The third kappa shape index (κ3) is 5.56. The van der Waals surface area contributed by atoms with Crippen LogP contribution in [0.1, 0.15) is 27.1 Å². The summed E-state index contributed by atoms with van der Waals surface area (Å²) in [5.74, 6) is -1.72. The molecule has 1 amide bonds. The molecule has 0 aliphatic carbocycles. The van der Waals surface area contributed by atoms with E-state index in [2.05, 4.69) is 4.74 Å². The number of nitriles is 1. The molecule has 0 N–H and O–H groups in total. The van der Waals surface area contributed by atoms with Crippen molar-refractivity contribution in [1.29, 1.82) is 5.26 Å². The molecule has 7 nitrogen and oxygen atoms in total. The van der Waals surface area contributed by atoms with E-state index in [0.29, 0.717) is 16.3 Å². The molecule has 0 aromatic heterocycles. The lowest BCUT2D eigenvalue weighted by Crippen LogP contribution is -2.35. The van der Waals surface area contributed by atoms with E-state index in [-0.39, 0.29) is 18.5 Å². The van der Waals surface area contributed by atoms with E-state index in [0.717, 1.165) is 0 Å². The van der Waals surface area contributed by atoms with Crippen molar-refractivity contribution in [2.75, 3.05) is 25.2 Å². The average Bonchev–Trinajstić information content (AvgIpc) is 2.71. The van der Waals surface area contributed by atoms with Crippen molar-refractivity contribution < 1.29 is 23.9 Å². The number of amides is 1. The molecular weight excluding hydrogens is 384 g/mol. The second-order valence-corrected chi connectivity index (χ2v) is 6.01. The van der Waals surface area contributed by atoms with Gasteiger partial charge >= 0.3 is 11.9 Å². The smallest absolute Gasteiger partial charge is 0.338 e. The predicted octanol–water partition coefficient (Wildman–Crippen LogP) is 3.23. The monoisotopic (exact) mass is 400 g/mol. The van der Waals surface area contributed by atoms with Gasteiger partial charge in [0.15, 0.2) is 6.61 Å². The zero-order valence-corrected chi connectivity index (χ0v) is 15.8. The number of rotatable bonds is 7. The van der Waals surface area contributed by atoms with Gasteiger partial charge in [0.2, 0.25) is 0 Å². The molecule has 144 valence electrons. The van der Waals surface area contributed by atoms with Crippen LogP contribution >= 0.6 is 11.6 Å². The standard InChI is InChI=1S/C20H17ClN2O5/c1-27-19(25)14-6-8-15(9-7-14)20(26)28-13-18(24)23(11-3-10-22)17-5-2-4-16(21)12-17/h2,4-9,12H,3,11,13H2,1H3. The summed E-state index contributed by atoms with van der Waals surface area (Å²) in [5.41, 5.74) is 0.983. The zero-order valence-electron chi connectivity index (χ0n) is 15.1. The van der Waals surface area contributed by atoms with Crippen LogP contribution in [0.3, 0.4) is 0 Å². The summed E-state index contributed by atoms with van der Waals surface area (Å²) in [6.45, 7) is -0.365. The molecule has 0 saturated carbocycles. The van der Waals surface area contributed by atoms with Gasteiger partial charge < -0.3 is 14.4 Å². The Hall–Kier alpha value is -3.37. The van der Waals surface area contributed by atoms with Crippen molar-refractivity contribution in [1.82, 2.24) is 0 Å². The van der Waals surface area contributed by atoms with Crippen LogP contribution in [0.4, 0.5) is 5.69 Å². The van der Waals surface area contributed by atoms with E-state index >= 15 is 0 Å². The molecule has 28 heavy (non-hydrogen) atoms. The van der Waals surface area contributed by atoms with Crippen LogP contribution < -0.4 is 4.90 Å². The maximum absolute atomic E-state index is 12.5. The van der Waals surface area contributed by atoms with Gasteiger partial charge in [-0.25, -0.2) is 9.59 Å². The fourth-order valence-electron chi connectivity index (χ4n) is 2.35. The van der Waals surface area contributed by atoms with Crippen LogP contribution in [0.15, 0.2) is 48.5 Å². The fourth-order valence-corrected chi connectivity index (χ4v) is 2.54. The Bertz CT molecular complexity index is 906. The maximum Gasteiger partial charge on any atom is 0.338 e. The number of hydrogen-bond donors (Lipinski definition) is 0. The van der Waals surface area contributed by atoms with Gasteiger partial charge in [-0.1, -0.05) is 17.7 Å². The van der Waals surface area contributed by atoms with Gasteiger partial charge in [0.1, 0.15) is 0 Å². The number of nitrogens with zero attached hydrogens (tertiary/aromatic N) is 2. The van der Waals surface area contributed by atoms with E-state index in [1.807, 2.05) is 6.07 Å². The van der Waals surface area contributed by atoms with Crippen LogP contribution in [0.25, 0.3) is 0 Å². The quantitative estimate of drug-likeness (QED) is 0.662. The van der Waals surface area contributed by atoms with Gasteiger partial charge in [-0.2, -0.15) is 5.26 Å². The lowest BCUT2D eigenvalue weighted by atomic mass is 10.1. The summed E-state index contributed by atoms with van der Waals surface area (Å²) in [5, 5.41) is 9.25. The SMILES string of the molecule is COC(=O)c1ccc(C(=O)OCC(=O)N(CCC#N)c2cccc(Cl)c2)cc1. The number of esters is 2. The van der Waals surface area contributed by atoms with Crippen molar-refractivity contribution in [3.05, 3.63) is 64.7 Å². The fraction of sp³-hybridized carbons (Fsp3) is 0.200. The first-order valence-electron chi connectivity index (χ1n) is 8.24. The minimum atomic E-state index is -0.712. The molecule has 0 fully saturated rings. The van der Waals surface area contributed by atoms with Gasteiger partial charge in [-0.3, -0.25) is 4.79 Å². The van der Waals surface area contributed by atoms with Crippen LogP contribution in [-0.4, -0.2) is 38.1 Å². The second kappa shape index (κ2) is 10.1. The van der Waals surface area contributed by atoms with E-state index in [1.165, 1.54) is 36.3 Å². The molecule has 0 atom stereocenters. The Morgan fingerprint density at radius 1 is 1.07 bits per heavy atom. The third-order valence-corrected chi connectivity index (χ3v) is 3.97. The molecule has 0 saturated heterocycles. The molecule has 0 heterocycles. The van der Waals surface area contributed by atoms with E-state index < -0.39 is 24.5 Å². The highest BCUT2D eigenvalue weighted by molar-refractivity contribution is 6.30. The summed E-state index contributed by atoms with van der Waals surface area (Å²) >= 11 is 5.96. The topological polar surface area (TPSA) is 96.7 Å². The molecule has 0 spiro atoms. The molecule has 0 bridgehead atoms. The lowest BCUT2D eigenvalue weighted by molar-refractivity contribution is -0.121. The summed E-state index contributed by atoms with van der Waals surface area (Å²) in [4.78, 5) is 37.4. The Morgan fingerprint density at radius 2 is 1.71 bits per heavy atom. The highest BCUT2D eigenvalue weighted by atomic mass is 35.5. The summed E-state index contributed by atoms with van der Waals surface area (Å²) in [7, 11) is 1.26. The van der Waals surface area contributed by atoms with Gasteiger partial charge in [0.05, 0.1) is 30.7 Å². The minimum Gasteiger partial charge on any atom is -0.465 e. The van der Waals surface area contributed by atoms with Crippen LogP contribution in [-0.2, 0) is 14.3 Å². The van der Waals surface area contributed by atoms with E-state index in [4.69, 9.17) is 21.6 Å². The molecule has 8 heteroatoms. The normalized spacial score (nSPS) is 9.89. The van der Waals surface area contributed by atoms with Gasteiger partial charge in [-0.15, -0.1) is 0 Å². The molecule has 0 radical (unpaired) electrons.